The minimum absolute atomic E-state index is 0.201. The third-order valence-corrected chi connectivity index (χ3v) is 2.33. The van der Waals surface area contributed by atoms with E-state index in [9.17, 15) is 9.59 Å². The molecule has 2 unspecified atom stereocenters. The molecule has 2 aliphatic rings. The van der Waals surface area contributed by atoms with Crippen molar-refractivity contribution >= 4 is 11.9 Å². The molecular formula is C7H8O4. The monoisotopic (exact) mass is 156 g/mol. The zero-order valence-corrected chi connectivity index (χ0v) is 6.12. The fraction of sp³-hybridized carbons (Fsp3) is 0.714. The van der Waals surface area contributed by atoms with Crippen molar-refractivity contribution in [3.05, 3.63) is 0 Å². The number of rotatable bonds is 0. The molecule has 4 nitrogen and oxygen atoms in total. The maximum absolute atomic E-state index is 10.7. The molecule has 0 aromatic rings. The molecule has 0 radical (unpaired) electrons. The third kappa shape index (κ3) is 0.751. The van der Waals surface area contributed by atoms with Gasteiger partial charge in [-0.15, -0.1) is 0 Å². The van der Waals surface area contributed by atoms with Gasteiger partial charge in [0.2, 0.25) is 0 Å². The maximum Gasteiger partial charge on any atom is 0.418 e. The molecule has 60 valence electrons. The molecule has 1 aliphatic carbocycles. The van der Waals surface area contributed by atoms with E-state index in [4.69, 9.17) is 9.47 Å². The molecule has 0 aromatic carbocycles. The SMILES string of the molecule is CC12CCC1OC(=O)C(=O)O2. The van der Waals surface area contributed by atoms with Gasteiger partial charge in [-0.25, -0.2) is 9.59 Å². The van der Waals surface area contributed by atoms with Gasteiger partial charge in [0, 0.05) is 0 Å². The molecule has 2 rings (SSSR count). The Bertz CT molecular complexity index is 235. The standard InChI is InChI=1S/C7H8O4/c1-7-3-2-4(7)10-5(8)6(9)11-7/h4H,2-3H2,1H3. The molecule has 0 N–H and O–H groups in total. The second kappa shape index (κ2) is 1.75. The number of fused-ring (bicyclic) bond motifs is 1. The van der Waals surface area contributed by atoms with Crippen molar-refractivity contribution in [3.63, 3.8) is 0 Å². The largest absolute Gasteiger partial charge is 0.450 e. The zero-order valence-electron chi connectivity index (χ0n) is 6.12. The molecule has 11 heavy (non-hydrogen) atoms. The van der Waals surface area contributed by atoms with Crippen molar-refractivity contribution in [3.8, 4) is 0 Å². The van der Waals surface area contributed by atoms with Crippen LogP contribution in [-0.4, -0.2) is 23.6 Å². The summed E-state index contributed by atoms with van der Waals surface area (Å²) in [6.07, 6.45) is 1.39. The Morgan fingerprint density at radius 1 is 1.45 bits per heavy atom. The summed E-state index contributed by atoms with van der Waals surface area (Å²) in [5, 5.41) is 0. The molecule has 1 aliphatic heterocycles. The van der Waals surface area contributed by atoms with Crippen LogP contribution in [0.2, 0.25) is 0 Å². The molecule has 1 heterocycles. The van der Waals surface area contributed by atoms with E-state index >= 15 is 0 Å². The minimum Gasteiger partial charge on any atom is -0.450 e. The second-order valence-electron chi connectivity index (χ2n) is 3.13. The third-order valence-electron chi connectivity index (χ3n) is 2.33. The quantitative estimate of drug-likeness (QED) is 0.366. The van der Waals surface area contributed by atoms with Crippen LogP contribution in [0.15, 0.2) is 0 Å². The number of carbonyl (C=O) groups excluding carboxylic acids is 2. The van der Waals surface area contributed by atoms with Crippen LogP contribution in [0.4, 0.5) is 0 Å². The maximum atomic E-state index is 10.7. The smallest absolute Gasteiger partial charge is 0.418 e. The molecule has 0 bridgehead atoms. The Kier molecular flexibility index (Phi) is 1.06. The van der Waals surface area contributed by atoms with Crippen LogP contribution in [0.1, 0.15) is 19.8 Å². The van der Waals surface area contributed by atoms with Crippen molar-refractivity contribution in [2.75, 3.05) is 0 Å². The lowest BCUT2D eigenvalue weighted by molar-refractivity contribution is -0.232. The summed E-state index contributed by atoms with van der Waals surface area (Å²) in [6, 6.07) is 0. The highest BCUT2D eigenvalue weighted by Crippen LogP contribution is 2.40. The first-order chi connectivity index (χ1) is 5.12. The van der Waals surface area contributed by atoms with E-state index < -0.39 is 17.5 Å². The van der Waals surface area contributed by atoms with Crippen LogP contribution >= 0.6 is 0 Å². The van der Waals surface area contributed by atoms with Crippen LogP contribution in [-0.2, 0) is 19.1 Å². The Balaban J connectivity index is 2.19. The van der Waals surface area contributed by atoms with Crippen molar-refractivity contribution in [2.45, 2.75) is 31.5 Å². The van der Waals surface area contributed by atoms with E-state index in [-0.39, 0.29) is 6.10 Å². The van der Waals surface area contributed by atoms with Gasteiger partial charge in [0.25, 0.3) is 0 Å². The first kappa shape index (κ1) is 6.64. The van der Waals surface area contributed by atoms with Crippen molar-refractivity contribution in [1.82, 2.24) is 0 Å². The molecular weight excluding hydrogens is 148 g/mol. The molecule has 0 aromatic heterocycles. The fourth-order valence-corrected chi connectivity index (χ4v) is 1.40. The molecule has 0 spiro atoms. The van der Waals surface area contributed by atoms with Gasteiger partial charge in [-0.3, -0.25) is 0 Å². The summed E-state index contributed by atoms with van der Waals surface area (Å²) in [6.45, 7) is 1.78. The van der Waals surface area contributed by atoms with E-state index in [1.807, 2.05) is 0 Å². The van der Waals surface area contributed by atoms with Crippen LogP contribution < -0.4 is 0 Å². The van der Waals surface area contributed by atoms with Gasteiger partial charge in [0.1, 0.15) is 11.7 Å². The molecule has 1 saturated carbocycles. The minimum atomic E-state index is -0.858. The normalized spacial score (nSPS) is 41.7. The first-order valence-electron chi connectivity index (χ1n) is 3.56. The van der Waals surface area contributed by atoms with Crippen molar-refractivity contribution in [1.29, 1.82) is 0 Å². The molecule has 4 heteroatoms. The van der Waals surface area contributed by atoms with Gasteiger partial charge in [-0.05, 0) is 19.8 Å². The lowest BCUT2D eigenvalue weighted by Crippen LogP contribution is -2.59. The highest BCUT2D eigenvalue weighted by molar-refractivity contribution is 6.30. The van der Waals surface area contributed by atoms with Crippen molar-refractivity contribution in [2.24, 2.45) is 0 Å². The van der Waals surface area contributed by atoms with E-state index in [1.54, 1.807) is 6.92 Å². The zero-order chi connectivity index (χ0) is 8.06. The molecule has 2 atom stereocenters. The Labute approximate surface area is 63.5 Å². The average molecular weight is 156 g/mol. The van der Waals surface area contributed by atoms with E-state index in [2.05, 4.69) is 0 Å². The second-order valence-corrected chi connectivity index (χ2v) is 3.13. The molecule has 2 fully saturated rings. The summed E-state index contributed by atoms with van der Waals surface area (Å²) in [7, 11) is 0. The van der Waals surface area contributed by atoms with Gasteiger partial charge in [-0.2, -0.15) is 0 Å². The van der Waals surface area contributed by atoms with E-state index in [0.29, 0.717) is 0 Å². The Morgan fingerprint density at radius 3 is 2.64 bits per heavy atom. The predicted octanol–water partition coefficient (Wildman–Crippen LogP) is 0.00750. The summed E-state index contributed by atoms with van der Waals surface area (Å²) in [4.78, 5) is 21.3. The summed E-state index contributed by atoms with van der Waals surface area (Å²) >= 11 is 0. The van der Waals surface area contributed by atoms with Gasteiger partial charge in [0.15, 0.2) is 0 Å². The van der Waals surface area contributed by atoms with Gasteiger partial charge < -0.3 is 9.47 Å². The lowest BCUT2D eigenvalue weighted by atomic mass is 9.77. The van der Waals surface area contributed by atoms with Crippen LogP contribution in [0.5, 0.6) is 0 Å². The summed E-state index contributed by atoms with van der Waals surface area (Å²) in [5.74, 6) is -1.71. The molecule has 0 amide bonds. The number of hydrogen-bond acceptors (Lipinski definition) is 4. The average Bonchev–Trinajstić information content (AvgIpc) is 1.95. The number of carbonyl (C=O) groups is 2. The number of hydrogen-bond donors (Lipinski definition) is 0. The van der Waals surface area contributed by atoms with Gasteiger partial charge in [-0.1, -0.05) is 0 Å². The topological polar surface area (TPSA) is 52.6 Å². The predicted molar refractivity (Wildman–Crippen MR) is 33.6 cm³/mol. The van der Waals surface area contributed by atoms with Crippen LogP contribution in [0, 0.1) is 0 Å². The lowest BCUT2D eigenvalue weighted by Gasteiger charge is -2.47. The van der Waals surface area contributed by atoms with Crippen LogP contribution in [0.3, 0.4) is 0 Å². The van der Waals surface area contributed by atoms with Gasteiger partial charge >= 0.3 is 11.9 Å². The number of esters is 2. The van der Waals surface area contributed by atoms with Gasteiger partial charge in [0.05, 0.1) is 0 Å². The van der Waals surface area contributed by atoms with Crippen LogP contribution in [0.25, 0.3) is 0 Å². The number of ether oxygens (including phenoxy) is 2. The Hall–Kier alpha value is -1.06. The fourth-order valence-electron chi connectivity index (χ4n) is 1.40. The first-order valence-corrected chi connectivity index (χ1v) is 3.56. The highest BCUT2D eigenvalue weighted by atomic mass is 16.7. The summed E-state index contributed by atoms with van der Waals surface area (Å²) in [5.41, 5.74) is -0.523. The van der Waals surface area contributed by atoms with Crippen molar-refractivity contribution < 1.29 is 19.1 Å². The van der Waals surface area contributed by atoms with E-state index in [0.717, 1.165) is 12.8 Å². The summed E-state index contributed by atoms with van der Waals surface area (Å²) < 4.78 is 9.66. The highest BCUT2D eigenvalue weighted by Gasteiger charge is 2.54. The molecule has 1 saturated heterocycles. The van der Waals surface area contributed by atoms with E-state index in [1.165, 1.54) is 0 Å². The Morgan fingerprint density at radius 2 is 2.18 bits per heavy atom.